The third kappa shape index (κ3) is 3.29. The van der Waals surface area contributed by atoms with Gasteiger partial charge < -0.3 is 11.1 Å². The first-order valence-electron chi connectivity index (χ1n) is 6.44. The minimum Gasteiger partial charge on any atom is -0.329 e. The van der Waals surface area contributed by atoms with Crippen LogP contribution in [0.3, 0.4) is 0 Å². The van der Waals surface area contributed by atoms with Crippen LogP contribution in [0, 0.1) is 5.41 Å². The maximum Gasteiger partial charge on any atom is 0.231 e. The van der Waals surface area contributed by atoms with E-state index < -0.39 is 15.4 Å². The highest BCUT2D eigenvalue weighted by atomic mass is 32.2. The largest absolute Gasteiger partial charge is 0.329 e. The van der Waals surface area contributed by atoms with E-state index in [0.29, 0.717) is 17.9 Å². The van der Waals surface area contributed by atoms with Crippen molar-refractivity contribution in [3.05, 3.63) is 24.3 Å². The van der Waals surface area contributed by atoms with Gasteiger partial charge in [-0.05, 0) is 31.0 Å². The zero-order valence-corrected chi connectivity index (χ0v) is 12.2. The molecule has 0 saturated heterocycles. The Morgan fingerprint density at radius 2 is 2.00 bits per heavy atom. The van der Waals surface area contributed by atoms with Crippen LogP contribution in [-0.4, -0.2) is 27.1 Å². The van der Waals surface area contributed by atoms with Gasteiger partial charge >= 0.3 is 0 Å². The van der Waals surface area contributed by atoms with Crippen molar-refractivity contribution in [1.82, 2.24) is 0 Å². The first kappa shape index (κ1) is 14.8. The van der Waals surface area contributed by atoms with Crippen molar-refractivity contribution in [2.45, 2.75) is 19.3 Å². The number of carbonyl (C=O) groups is 1. The van der Waals surface area contributed by atoms with Crippen molar-refractivity contribution < 1.29 is 13.2 Å². The second kappa shape index (κ2) is 5.41. The van der Waals surface area contributed by atoms with Crippen molar-refractivity contribution in [2.75, 3.05) is 22.8 Å². The predicted octanol–water partition coefficient (Wildman–Crippen LogP) is 1.13. The molecule has 4 N–H and O–H groups in total. The molecule has 1 amide bonds. The summed E-state index contributed by atoms with van der Waals surface area (Å²) < 4.78 is 24.7. The Balaban J connectivity index is 2.10. The Kier molecular flexibility index (Phi) is 4.01. The molecule has 0 aliphatic heterocycles. The molecule has 6 nitrogen and oxygen atoms in total. The van der Waals surface area contributed by atoms with Gasteiger partial charge in [0.05, 0.1) is 17.4 Å². The fourth-order valence-corrected chi connectivity index (χ4v) is 2.82. The first-order chi connectivity index (χ1) is 9.35. The minimum atomic E-state index is -3.33. The van der Waals surface area contributed by atoms with Gasteiger partial charge in [-0.3, -0.25) is 9.52 Å². The average molecular weight is 297 g/mol. The zero-order chi connectivity index (χ0) is 14.8. The molecule has 0 atom stereocenters. The van der Waals surface area contributed by atoms with Crippen molar-refractivity contribution in [2.24, 2.45) is 11.1 Å². The van der Waals surface area contributed by atoms with Gasteiger partial charge in [-0.15, -0.1) is 0 Å². The summed E-state index contributed by atoms with van der Waals surface area (Å²) in [6.07, 6.45) is 3.70. The zero-order valence-electron chi connectivity index (χ0n) is 11.3. The van der Waals surface area contributed by atoms with Crippen LogP contribution < -0.4 is 15.8 Å². The van der Waals surface area contributed by atoms with E-state index >= 15 is 0 Å². The van der Waals surface area contributed by atoms with Crippen LogP contribution in [0.25, 0.3) is 0 Å². The summed E-state index contributed by atoms with van der Waals surface area (Å²) in [6.45, 7) is 0.333. The van der Waals surface area contributed by atoms with E-state index in [0.717, 1.165) is 25.5 Å². The molecule has 1 aromatic carbocycles. The number of benzene rings is 1. The molecule has 1 aliphatic rings. The van der Waals surface area contributed by atoms with Crippen molar-refractivity contribution in [1.29, 1.82) is 0 Å². The van der Waals surface area contributed by atoms with Gasteiger partial charge in [0.15, 0.2) is 0 Å². The van der Waals surface area contributed by atoms with E-state index in [1.807, 2.05) is 0 Å². The fraction of sp³-hybridized carbons (Fsp3) is 0.462. The van der Waals surface area contributed by atoms with Gasteiger partial charge in [-0.2, -0.15) is 0 Å². The average Bonchev–Trinajstić information content (AvgIpc) is 2.26. The summed E-state index contributed by atoms with van der Waals surface area (Å²) in [5, 5.41) is 2.81. The van der Waals surface area contributed by atoms with Crippen LogP contribution in [0.1, 0.15) is 19.3 Å². The molecule has 1 aromatic rings. The van der Waals surface area contributed by atoms with Gasteiger partial charge in [0.2, 0.25) is 15.9 Å². The molecule has 0 aromatic heterocycles. The van der Waals surface area contributed by atoms with E-state index in [1.165, 1.54) is 0 Å². The lowest BCUT2D eigenvalue weighted by atomic mass is 9.68. The van der Waals surface area contributed by atoms with Crippen LogP contribution in [0.2, 0.25) is 0 Å². The Hall–Kier alpha value is -1.60. The van der Waals surface area contributed by atoms with Gasteiger partial charge in [0, 0.05) is 12.2 Å². The van der Waals surface area contributed by atoms with E-state index in [9.17, 15) is 13.2 Å². The van der Waals surface area contributed by atoms with Gasteiger partial charge in [-0.25, -0.2) is 8.42 Å². The molecule has 0 radical (unpaired) electrons. The molecule has 1 saturated carbocycles. The number of anilines is 2. The van der Waals surface area contributed by atoms with Crippen LogP contribution >= 0.6 is 0 Å². The van der Waals surface area contributed by atoms with Crippen molar-refractivity contribution >= 4 is 27.3 Å². The van der Waals surface area contributed by atoms with E-state index in [4.69, 9.17) is 5.73 Å². The van der Waals surface area contributed by atoms with Crippen LogP contribution in [0.5, 0.6) is 0 Å². The van der Waals surface area contributed by atoms with Gasteiger partial charge in [0.1, 0.15) is 0 Å². The van der Waals surface area contributed by atoms with Gasteiger partial charge in [-0.1, -0.05) is 12.5 Å². The fourth-order valence-electron chi connectivity index (χ4n) is 2.27. The van der Waals surface area contributed by atoms with Crippen molar-refractivity contribution in [3.63, 3.8) is 0 Å². The van der Waals surface area contributed by atoms with Crippen LogP contribution in [0.15, 0.2) is 24.3 Å². The smallest absolute Gasteiger partial charge is 0.231 e. The summed E-state index contributed by atoms with van der Waals surface area (Å²) in [5.74, 6) is -0.0947. The number of hydrogen-bond acceptors (Lipinski definition) is 4. The lowest BCUT2D eigenvalue weighted by molar-refractivity contribution is -0.129. The third-order valence-corrected chi connectivity index (χ3v) is 4.21. The van der Waals surface area contributed by atoms with Crippen LogP contribution in [0.4, 0.5) is 11.4 Å². The number of amides is 1. The number of sulfonamides is 1. The number of nitrogens with one attached hydrogen (secondary N) is 2. The highest BCUT2D eigenvalue weighted by molar-refractivity contribution is 7.92. The Morgan fingerprint density at radius 1 is 1.35 bits per heavy atom. The predicted molar refractivity (Wildman–Crippen MR) is 78.9 cm³/mol. The summed E-state index contributed by atoms with van der Waals surface area (Å²) in [7, 11) is -3.33. The minimum absolute atomic E-state index is 0.0947. The van der Waals surface area contributed by atoms with Crippen LogP contribution in [-0.2, 0) is 14.8 Å². The number of rotatable bonds is 5. The quantitative estimate of drug-likeness (QED) is 0.758. The maximum atomic E-state index is 12.2. The third-order valence-electron chi connectivity index (χ3n) is 3.61. The molecule has 2 rings (SSSR count). The first-order valence-corrected chi connectivity index (χ1v) is 8.33. The van der Waals surface area contributed by atoms with Gasteiger partial charge in [0.25, 0.3) is 0 Å². The highest BCUT2D eigenvalue weighted by Gasteiger charge is 2.42. The Bertz CT molecular complexity index is 604. The second-order valence-electron chi connectivity index (χ2n) is 5.25. The standard InChI is InChI=1S/C13H19N3O3S/c1-20(18,19)16-11-5-2-4-10(8-11)15-12(17)13(9-14)6-3-7-13/h2,4-5,8,16H,3,6-7,9,14H2,1H3,(H,15,17). The lowest BCUT2D eigenvalue weighted by Gasteiger charge is -2.39. The molecule has 7 heteroatoms. The molecule has 1 aliphatic carbocycles. The molecule has 1 fully saturated rings. The molecule has 0 bridgehead atoms. The molecule has 110 valence electrons. The van der Waals surface area contributed by atoms with E-state index in [1.54, 1.807) is 24.3 Å². The molecule has 0 spiro atoms. The molecular formula is C13H19N3O3S. The Labute approximate surface area is 118 Å². The summed E-state index contributed by atoms with van der Waals surface area (Å²) in [5.41, 5.74) is 6.20. The molecular weight excluding hydrogens is 278 g/mol. The molecule has 0 unspecified atom stereocenters. The number of hydrogen-bond donors (Lipinski definition) is 3. The second-order valence-corrected chi connectivity index (χ2v) is 7.00. The molecule has 20 heavy (non-hydrogen) atoms. The monoisotopic (exact) mass is 297 g/mol. The van der Waals surface area contributed by atoms with E-state index in [2.05, 4.69) is 10.0 Å². The Morgan fingerprint density at radius 3 is 2.50 bits per heavy atom. The highest BCUT2D eigenvalue weighted by Crippen LogP contribution is 2.40. The summed E-state index contributed by atoms with van der Waals surface area (Å²) in [6, 6.07) is 6.61. The van der Waals surface area contributed by atoms with Crippen molar-refractivity contribution in [3.8, 4) is 0 Å². The number of nitrogens with two attached hydrogens (primary N) is 1. The maximum absolute atomic E-state index is 12.2. The number of carbonyl (C=O) groups excluding carboxylic acids is 1. The normalized spacial score (nSPS) is 17.1. The SMILES string of the molecule is CS(=O)(=O)Nc1cccc(NC(=O)C2(CN)CCC2)c1. The van der Waals surface area contributed by atoms with E-state index in [-0.39, 0.29) is 5.91 Å². The topological polar surface area (TPSA) is 101 Å². The lowest BCUT2D eigenvalue weighted by Crippen LogP contribution is -2.47. The summed E-state index contributed by atoms with van der Waals surface area (Å²) in [4.78, 5) is 12.2. The molecule has 0 heterocycles. The summed E-state index contributed by atoms with van der Waals surface area (Å²) >= 11 is 0.